The normalized spacial score (nSPS) is 28.5. The molecule has 3 aliphatic heterocycles. The van der Waals surface area contributed by atoms with Crippen LogP contribution in [0, 0.1) is 11.8 Å². The maximum atomic E-state index is 14.7. The molecule has 228 valence electrons. The molecule has 3 heterocycles. The molecule has 1 aromatic rings. The van der Waals surface area contributed by atoms with Crippen LogP contribution in [-0.4, -0.2) is 85.8 Å². The van der Waals surface area contributed by atoms with E-state index >= 15 is 0 Å². The van der Waals surface area contributed by atoms with Crippen molar-refractivity contribution in [2.24, 2.45) is 11.8 Å². The van der Waals surface area contributed by atoms with Crippen molar-refractivity contribution in [2.75, 3.05) is 26.2 Å². The number of aliphatic hydroxyl groups excluding tert-OH is 1. The standard InChI is InChI=1S/C34H47N3O4S/c1-3-20-35(24-25-14-8-5-9-15-25)31(39)28-27-18-19-34(42-27)29(28)32(40)37(22-12-7-13-23-38)30(34)33(41)36(21-4-2)26-16-10-6-11-17-26/h3-5,8-9,14-15,26-30,38H,1-2,6-7,10-13,16-24H2/t27-,28+,29-,30?,34?/m0/s1. The third kappa shape index (κ3) is 5.81. The monoisotopic (exact) mass is 593 g/mol. The highest BCUT2D eigenvalue weighted by atomic mass is 32.2. The van der Waals surface area contributed by atoms with Crippen LogP contribution in [0.15, 0.2) is 55.6 Å². The molecule has 1 aromatic carbocycles. The Kier molecular flexibility index (Phi) is 10.1. The maximum absolute atomic E-state index is 14.7. The Hall–Kier alpha value is -2.58. The Morgan fingerprint density at radius 3 is 2.43 bits per heavy atom. The molecule has 8 heteroatoms. The lowest BCUT2D eigenvalue weighted by molar-refractivity contribution is -0.145. The number of amides is 3. The molecule has 1 aliphatic carbocycles. The fourth-order valence-electron chi connectivity index (χ4n) is 8.04. The molecule has 1 saturated carbocycles. The summed E-state index contributed by atoms with van der Waals surface area (Å²) in [5, 5.41) is 9.37. The van der Waals surface area contributed by atoms with Crippen molar-refractivity contribution in [1.29, 1.82) is 0 Å². The molecule has 42 heavy (non-hydrogen) atoms. The average Bonchev–Trinajstić information content (AvgIpc) is 3.65. The molecule has 0 aromatic heterocycles. The van der Waals surface area contributed by atoms with Gasteiger partial charge in [-0.1, -0.05) is 61.7 Å². The van der Waals surface area contributed by atoms with Gasteiger partial charge in [-0.05, 0) is 50.5 Å². The first kappa shape index (κ1) is 30.9. The summed E-state index contributed by atoms with van der Waals surface area (Å²) in [7, 11) is 0. The van der Waals surface area contributed by atoms with Crippen molar-refractivity contribution < 1.29 is 19.5 Å². The molecule has 2 bridgehead atoms. The quantitative estimate of drug-likeness (QED) is 0.248. The second-order valence-corrected chi connectivity index (χ2v) is 14.0. The third-order valence-corrected chi connectivity index (χ3v) is 11.8. The predicted molar refractivity (Wildman–Crippen MR) is 168 cm³/mol. The zero-order valence-corrected chi connectivity index (χ0v) is 25.7. The number of unbranched alkanes of at least 4 members (excludes halogenated alkanes) is 2. The molecule has 7 nitrogen and oxygen atoms in total. The SMILES string of the molecule is C=CCN(Cc1ccccc1)C(=O)[C@@H]1[C@@H]2CCC3(S2)C(C(=O)N(CC=C)C2CCCCC2)N(CCCCCO)C(=O)[C@H]13. The van der Waals surface area contributed by atoms with E-state index in [0.29, 0.717) is 32.6 Å². The highest BCUT2D eigenvalue weighted by Gasteiger charge is 2.74. The van der Waals surface area contributed by atoms with Crippen LogP contribution in [0.4, 0.5) is 0 Å². The van der Waals surface area contributed by atoms with Gasteiger partial charge < -0.3 is 19.8 Å². The summed E-state index contributed by atoms with van der Waals surface area (Å²) in [5.41, 5.74) is 1.04. The van der Waals surface area contributed by atoms with Crippen molar-refractivity contribution in [1.82, 2.24) is 14.7 Å². The summed E-state index contributed by atoms with van der Waals surface area (Å²) in [4.78, 5) is 49.1. The Balaban J connectivity index is 1.47. The Bertz CT molecular complexity index is 1140. The van der Waals surface area contributed by atoms with E-state index in [2.05, 4.69) is 13.2 Å². The molecule has 5 rings (SSSR count). The van der Waals surface area contributed by atoms with Crippen LogP contribution in [-0.2, 0) is 20.9 Å². The molecule has 0 radical (unpaired) electrons. The summed E-state index contributed by atoms with van der Waals surface area (Å²) >= 11 is 1.75. The van der Waals surface area contributed by atoms with Gasteiger partial charge in [0.05, 0.1) is 16.6 Å². The number of rotatable bonds is 14. The second kappa shape index (κ2) is 13.8. The average molecular weight is 594 g/mol. The number of fused-ring (bicyclic) bond motifs is 1. The number of carbonyl (C=O) groups is 3. The van der Waals surface area contributed by atoms with Crippen LogP contribution in [0.2, 0.25) is 0 Å². The van der Waals surface area contributed by atoms with Crippen LogP contribution >= 0.6 is 11.8 Å². The van der Waals surface area contributed by atoms with E-state index in [4.69, 9.17) is 0 Å². The summed E-state index contributed by atoms with van der Waals surface area (Å²) in [5.74, 6) is -0.945. The van der Waals surface area contributed by atoms with Gasteiger partial charge in [0.15, 0.2) is 0 Å². The predicted octanol–water partition coefficient (Wildman–Crippen LogP) is 4.80. The summed E-state index contributed by atoms with van der Waals surface area (Å²) in [6.07, 6.45) is 12.8. The number of aliphatic hydroxyl groups is 1. The fourth-order valence-corrected chi connectivity index (χ4v) is 10.2. The first-order valence-corrected chi connectivity index (χ1v) is 16.8. The van der Waals surface area contributed by atoms with Crippen LogP contribution in [0.5, 0.6) is 0 Å². The van der Waals surface area contributed by atoms with Crippen LogP contribution < -0.4 is 0 Å². The summed E-state index contributed by atoms with van der Waals surface area (Å²) in [6.45, 7) is 9.83. The van der Waals surface area contributed by atoms with Gasteiger partial charge in [0.25, 0.3) is 0 Å². The van der Waals surface area contributed by atoms with Crippen molar-refractivity contribution in [3.8, 4) is 0 Å². The van der Waals surface area contributed by atoms with Crippen LogP contribution in [0.1, 0.15) is 69.8 Å². The summed E-state index contributed by atoms with van der Waals surface area (Å²) in [6, 6.07) is 9.54. The van der Waals surface area contributed by atoms with Gasteiger partial charge in [0, 0.05) is 44.1 Å². The molecular formula is C34H47N3O4S. The Labute approximate surface area is 255 Å². The smallest absolute Gasteiger partial charge is 0.247 e. The lowest BCUT2D eigenvalue weighted by atomic mass is 9.70. The number of nitrogens with zero attached hydrogens (tertiary/aromatic N) is 3. The molecule has 4 fully saturated rings. The zero-order valence-electron chi connectivity index (χ0n) is 24.9. The van der Waals surface area contributed by atoms with Crippen LogP contribution in [0.25, 0.3) is 0 Å². The van der Waals surface area contributed by atoms with Gasteiger partial charge in [-0.25, -0.2) is 0 Å². The third-order valence-electron chi connectivity index (χ3n) is 9.88. The minimum absolute atomic E-state index is 0.000245. The number of thioether (sulfide) groups is 1. The molecule has 2 unspecified atom stereocenters. The highest BCUT2D eigenvalue weighted by molar-refractivity contribution is 8.02. The molecule has 3 saturated heterocycles. The van der Waals surface area contributed by atoms with Gasteiger partial charge in [0.2, 0.25) is 17.7 Å². The summed E-state index contributed by atoms with van der Waals surface area (Å²) < 4.78 is -0.586. The van der Waals surface area contributed by atoms with Crippen LogP contribution in [0.3, 0.4) is 0 Å². The highest BCUT2D eigenvalue weighted by Crippen LogP contribution is 2.66. The van der Waals surface area contributed by atoms with E-state index in [9.17, 15) is 19.5 Å². The Morgan fingerprint density at radius 1 is 1.00 bits per heavy atom. The number of hydrogen-bond donors (Lipinski definition) is 1. The first-order chi connectivity index (χ1) is 20.5. The van der Waals surface area contributed by atoms with E-state index in [1.165, 1.54) is 6.42 Å². The zero-order chi connectivity index (χ0) is 29.7. The minimum atomic E-state index is -0.586. The molecule has 3 amide bonds. The fraction of sp³-hybridized carbons (Fsp3) is 0.618. The number of likely N-dealkylation sites (tertiary alicyclic amines) is 1. The minimum Gasteiger partial charge on any atom is -0.396 e. The largest absolute Gasteiger partial charge is 0.396 e. The molecule has 1 spiro atoms. The van der Waals surface area contributed by atoms with E-state index < -0.39 is 22.6 Å². The molecule has 5 atom stereocenters. The van der Waals surface area contributed by atoms with Gasteiger partial charge in [-0.2, -0.15) is 0 Å². The number of carbonyl (C=O) groups excluding carboxylic acids is 3. The number of benzene rings is 1. The lowest BCUT2D eigenvalue weighted by Crippen LogP contribution is -2.57. The van der Waals surface area contributed by atoms with Gasteiger partial charge in [0.1, 0.15) is 6.04 Å². The van der Waals surface area contributed by atoms with Gasteiger partial charge in [-0.3, -0.25) is 14.4 Å². The van der Waals surface area contributed by atoms with Crippen molar-refractivity contribution >= 4 is 29.5 Å². The molecular weight excluding hydrogens is 546 g/mol. The van der Waals surface area contributed by atoms with E-state index in [1.807, 2.05) is 51.1 Å². The van der Waals surface area contributed by atoms with Gasteiger partial charge >= 0.3 is 0 Å². The lowest BCUT2D eigenvalue weighted by Gasteiger charge is -2.41. The maximum Gasteiger partial charge on any atom is 0.247 e. The van der Waals surface area contributed by atoms with Gasteiger partial charge in [-0.15, -0.1) is 24.9 Å². The van der Waals surface area contributed by atoms with Crippen molar-refractivity contribution in [2.45, 2.75) is 92.8 Å². The molecule has 4 aliphatic rings. The molecule has 1 N–H and O–H groups in total. The second-order valence-electron chi connectivity index (χ2n) is 12.4. The number of hydrogen-bond acceptors (Lipinski definition) is 5. The van der Waals surface area contributed by atoms with E-state index in [1.54, 1.807) is 17.8 Å². The first-order valence-electron chi connectivity index (χ1n) is 15.9. The topological polar surface area (TPSA) is 81.2 Å². The van der Waals surface area contributed by atoms with E-state index in [-0.39, 0.29) is 35.6 Å². The van der Waals surface area contributed by atoms with E-state index in [0.717, 1.165) is 56.9 Å². The van der Waals surface area contributed by atoms with Crippen molar-refractivity contribution in [3.63, 3.8) is 0 Å². The van der Waals surface area contributed by atoms with Crippen molar-refractivity contribution in [3.05, 3.63) is 61.2 Å². The Morgan fingerprint density at radius 2 is 1.74 bits per heavy atom.